The Balaban J connectivity index is 1.81. The van der Waals surface area contributed by atoms with E-state index >= 15 is 0 Å². The number of dihydropyridines is 1. The van der Waals surface area contributed by atoms with Gasteiger partial charge in [0.1, 0.15) is 5.75 Å². The largest absolute Gasteiger partial charge is 0.493 e. The number of carbonyl (C=O) groups excluding carboxylic acids is 2. The number of allylic oxidation sites excluding steroid dienone is 3. The summed E-state index contributed by atoms with van der Waals surface area (Å²) in [6, 6.07) is 13.3. The first-order valence-corrected chi connectivity index (χ1v) is 12.1. The van der Waals surface area contributed by atoms with Crippen LogP contribution in [0, 0.1) is 0 Å². The molecule has 2 atom stereocenters. The van der Waals surface area contributed by atoms with Gasteiger partial charge in [0.05, 0.1) is 38.9 Å². The predicted molar refractivity (Wildman–Crippen MR) is 136 cm³/mol. The van der Waals surface area contributed by atoms with Gasteiger partial charge in [-0.2, -0.15) is 0 Å². The normalized spacial score (nSPS) is 19.6. The van der Waals surface area contributed by atoms with E-state index < -0.39 is 11.9 Å². The van der Waals surface area contributed by atoms with Crippen molar-refractivity contribution < 1.29 is 28.5 Å². The smallest absolute Gasteiger partial charge is 0.336 e. The molecule has 1 N–H and O–H groups in total. The van der Waals surface area contributed by atoms with Crippen molar-refractivity contribution >= 4 is 11.8 Å². The van der Waals surface area contributed by atoms with Gasteiger partial charge >= 0.3 is 5.97 Å². The third kappa shape index (κ3) is 4.70. The van der Waals surface area contributed by atoms with Gasteiger partial charge < -0.3 is 24.3 Å². The number of methoxy groups -OCH3 is 3. The van der Waals surface area contributed by atoms with E-state index in [0.29, 0.717) is 46.9 Å². The Hall–Kier alpha value is -3.74. The van der Waals surface area contributed by atoms with E-state index in [0.717, 1.165) is 16.8 Å². The number of benzene rings is 2. The van der Waals surface area contributed by atoms with Crippen molar-refractivity contribution in [3.8, 4) is 17.2 Å². The molecule has 2 aromatic rings. The molecular formula is C29H33NO6. The highest BCUT2D eigenvalue weighted by Crippen LogP contribution is 2.48. The molecule has 36 heavy (non-hydrogen) atoms. The molecule has 1 aliphatic heterocycles. The first-order valence-electron chi connectivity index (χ1n) is 12.1. The van der Waals surface area contributed by atoms with E-state index in [2.05, 4.69) is 5.32 Å². The number of carbonyl (C=O) groups is 2. The standard InChI is InChI=1S/C29H33NO6/c1-16(2)36-23-10-8-7-9-20(23)27-26(29(32)35-6)17(3)30-21-13-19(14-22(31)28(21)27)18-11-12-24(33-4)25(15-18)34-5/h7-12,15-16,19,27,30H,13-14H2,1-6H3. The highest BCUT2D eigenvalue weighted by Gasteiger charge is 2.42. The first-order chi connectivity index (χ1) is 17.3. The summed E-state index contributed by atoms with van der Waals surface area (Å²) in [4.78, 5) is 26.8. The number of rotatable bonds is 7. The summed E-state index contributed by atoms with van der Waals surface area (Å²) in [6.07, 6.45) is 0.865. The summed E-state index contributed by atoms with van der Waals surface area (Å²) >= 11 is 0. The molecule has 1 heterocycles. The molecule has 0 spiro atoms. The monoisotopic (exact) mass is 491 g/mol. The molecule has 2 aromatic carbocycles. The summed E-state index contributed by atoms with van der Waals surface area (Å²) < 4.78 is 22.1. The fourth-order valence-electron chi connectivity index (χ4n) is 5.15. The number of hydrogen-bond acceptors (Lipinski definition) is 7. The van der Waals surface area contributed by atoms with Crippen LogP contribution in [0.1, 0.15) is 56.6 Å². The Labute approximate surface area is 212 Å². The molecule has 0 saturated carbocycles. The summed E-state index contributed by atoms with van der Waals surface area (Å²) in [6.45, 7) is 5.75. The second-order valence-corrected chi connectivity index (χ2v) is 9.33. The van der Waals surface area contributed by atoms with Gasteiger partial charge in [0.15, 0.2) is 17.3 Å². The van der Waals surface area contributed by atoms with E-state index in [-0.39, 0.29) is 17.8 Å². The SMILES string of the molecule is COC(=O)C1=C(C)NC2=C(C(=O)CC(c3ccc(OC)c(OC)c3)C2)C1c1ccccc1OC(C)C. The van der Waals surface area contributed by atoms with Crippen LogP contribution in [0.15, 0.2) is 65.0 Å². The molecule has 4 rings (SSSR count). The van der Waals surface area contributed by atoms with E-state index in [9.17, 15) is 9.59 Å². The van der Waals surface area contributed by atoms with Gasteiger partial charge in [-0.3, -0.25) is 4.79 Å². The van der Waals surface area contributed by atoms with Crippen LogP contribution in [-0.2, 0) is 14.3 Å². The number of ether oxygens (including phenoxy) is 4. The molecule has 190 valence electrons. The Kier molecular flexibility index (Phi) is 7.38. The fourth-order valence-corrected chi connectivity index (χ4v) is 5.15. The predicted octanol–water partition coefficient (Wildman–Crippen LogP) is 5.03. The van der Waals surface area contributed by atoms with Gasteiger partial charge in [-0.15, -0.1) is 0 Å². The number of Topliss-reactive ketones (excluding diaryl/α,β-unsaturated/α-hetero) is 1. The number of hydrogen-bond donors (Lipinski definition) is 1. The average Bonchev–Trinajstić information content (AvgIpc) is 2.86. The van der Waals surface area contributed by atoms with Crippen molar-refractivity contribution in [3.63, 3.8) is 0 Å². The minimum absolute atomic E-state index is 0.0122. The van der Waals surface area contributed by atoms with Gasteiger partial charge in [-0.1, -0.05) is 24.3 Å². The average molecular weight is 492 g/mol. The van der Waals surface area contributed by atoms with Crippen LogP contribution in [0.3, 0.4) is 0 Å². The van der Waals surface area contributed by atoms with Crippen LogP contribution in [0.2, 0.25) is 0 Å². The maximum absolute atomic E-state index is 13.8. The third-order valence-corrected chi connectivity index (χ3v) is 6.70. The zero-order valence-corrected chi connectivity index (χ0v) is 21.6. The van der Waals surface area contributed by atoms with Crippen molar-refractivity contribution in [3.05, 3.63) is 76.1 Å². The van der Waals surface area contributed by atoms with Gasteiger partial charge in [-0.05, 0) is 56.9 Å². The molecular weight excluding hydrogens is 458 g/mol. The minimum Gasteiger partial charge on any atom is -0.493 e. The molecule has 0 bridgehead atoms. The van der Waals surface area contributed by atoms with E-state index in [1.165, 1.54) is 7.11 Å². The first kappa shape index (κ1) is 25.4. The molecule has 0 amide bonds. The zero-order valence-electron chi connectivity index (χ0n) is 21.6. The topological polar surface area (TPSA) is 83.1 Å². The van der Waals surface area contributed by atoms with Crippen LogP contribution >= 0.6 is 0 Å². The molecule has 2 unspecified atom stereocenters. The van der Waals surface area contributed by atoms with Gasteiger partial charge in [0.2, 0.25) is 0 Å². The lowest BCUT2D eigenvalue weighted by molar-refractivity contribution is -0.136. The number of ketones is 1. The van der Waals surface area contributed by atoms with Crippen LogP contribution in [0.25, 0.3) is 0 Å². The Morgan fingerprint density at radius 2 is 1.69 bits per heavy atom. The van der Waals surface area contributed by atoms with Crippen molar-refractivity contribution in [1.29, 1.82) is 0 Å². The minimum atomic E-state index is -0.581. The molecule has 0 radical (unpaired) electrons. The van der Waals surface area contributed by atoms with Crippen molar-refractivity contribution in [2.75, 3.05) is 21.3 Å². The van der Waals surface area contributed by atoms with Crippen molar-refractivity contribution in [2.24, 2.45) is 0 Å². The maximum Gasteiger partial charge on any atom is 0.336 e. The zero-order chi connectivity index (χ0) is 26.0. The molecule has 2 aliphatic rings. The van der Waals surface area contributed by atoms with Gasteiger partial charge in [0.25, 0.3) is 0 Å². The lowest BCUT2D eigenvalue weighted by Crippen LogP contribution is -2.36. The van der Waals surface area contributed by atoms with Crippen LogP contribution in [0.4, 0.5) is 0 Å². The molecule has 0 aromatic heterocycles. The van der Waals surface area contributed by atoms with Crippen LogP contribution in [0.5, 0.6) is 17.2 Å². The highest BCUT2D eigenvalue weighted by molar-refractivity contribution is 6.04. The number of esters is 1. The summed E-state index contributed by atoms with van der Waals surface area (Å²) in [7, 11) is 4.55. The van der Waals surface area contributed by atoms with Crippen LogP contribution < -0.4 is 19.5 Å². The summed E-state index contributed by atoms with van der Waals surface area (Å²) in [5.74, 6) is 0.812. The molecule has 0 saturated heterocycles. The molecule has 0 fully saturated rings. The molecule has 1 aliphatic carbocycles. The third-order valence-electron chi connectivity index (χ3n) is 6.70. The van der Waals surface area contributed by atoms with Crippen molar-refractivity contribution in [1.82, 2.24) is 5.32 Å². The van der Waals surface area contributed by atoms with Gasteiger partial charge in [0, 0.05) is 29.0 Å². The van der Waals surface area contributed by atoms with E-state index in [1.807, 2.05) is 63.2 Å². The number of para-hydroxylation sites is 1. The summed E-state index contributed by atoms with van der Waals surface area (Å²) in [5.41, 5.74) is 4.28. The fraction of sp³-hybridized carbons (Fsp3) is 0.379. The van der Waals surface area contributed by atoms with Crippen LogP contribution in [-0.4, -0.2) is 39.2 Å². The molecule has 7 nitrogen and oxygen atoms in total. The Bertz CT molecular complexity index is 1240. The van der Waals surface area contributed by atoms with Crippen molar-refractivity contribution in [2.45, 2.75) is 51.6 Å². The quantitative estimate of drug-likeness (QED) is 0.544. The lowest BCUT2D eigenvalue weighted by atomic mass is 9.71. The van der Waals surface area contributed by atoms with Gasteiger partial charge in [-0.25, -0.2) is 4.79 Å². The van der Waals surface area contributed by atoms with E-state index in [1.54, 1.807) is 14.2 Å². The maximum atomic E-state index is 13.8. The Morgan fingerprint density at radius 3 is 2.36 bits per heavy atom. The second-order valence-electron chi connectivity index (χ2n) is 9.33. The summed E-state index contributed by atoms with van der Waals surface area (Å²) in [5, 5.41) is 3.37. The Morgan fingerprint density at radius 1 is 0.972 bits per heavy atom. The highest BCUT2D eigenvalue weighted by atomic mass is 16.5. The molecule has 7 heteroatoms. The second kappa shape index (κ2) is 10.5. The van der Waals surface area contributed by atoms with E-state index in [4.69, 9.17) is 18.9 Å². The lowest BCUT2D eigenvalue weighted by Gasteiger charge is -2.37. The number of nitrogens with one attached hydrogen (secondary N) is 1.